The first-order valence-corrected chi connectivity index (χ1v) is 7.03. The van der Waals surface area contributed by atoms with Crippen molar-refractivity contribution >= 4 is 11.7 Å². The molecule has 0 aliphatic rings. The predicted molar refractivity (Wildman–Crippen MR) is 83.6 cm³/mol. The average Bonchev–Trinajstić information content (AvgIpc) is 3.18. The van der Waals surface area contributed by atoms with Gasteiger partial charge in [0.15, 0.2) is 5.82 Å². The van der Waals surface area contributed by atoms with Crippen LogP contribution in [0.3, 0.4) is 0 Å². The molecule has 0 atom stereocenters. The SMILES string of the molecule is N#CCn1ccc(NC(=O)c2cnn(Cc3ccccc3)c2)n1. The van der Waals surface area contributed by atoms with Crippen LogP contribution in [0.4, 0.5) is 5.82 Å². The second kappa shape index (κ2) is 6.58. The first-order chi connectivity index (χ1) is 11.2. The van der Waals surface area contributed by atoms with E-state index in [1.165, 1.54) is 10.9 Å². The van der Waals surface area contributed by atoms with Crippen LogP contribution in [0, 0.1) is 11.3 Å². The fraction of sp³-hybridized carbons (Fsp3) is 0.125. The normalized spacial score (nSPS) is 10.2. The number of nitrogens with one attached hydrogen (secondary N) is 1. The van der Waals surface area contributed by atoms with Crippen LogP contribution in [0.2, 0.25) is 0 Å². The van der Waals surface area contributed by atoms with E-state index in [0.29, 0.717) is 17.9 Å². The summed E-state index contributed by atoms with van der Waals surface area (Å²) in [5.74, 6) is 0.118. The van der Waals surface area contributed by atoms with E-state index in [1.54, 1.807) is 23.1 Å². The molecule has 0 saturated carbocycles. The van der Waals surface area contributed by atoms with E-state index in [0.717, 1.165) is 5.56 Å². The number of hydrogen-bond donors (Lipinski definition) is 1. The number of rotatable bonds is 5. The molecule has 0 radical (unpaired) electrons. The molecule has 2 heterocycles. The Bertz CT molecular complexity index is 843. The number of carbonyl (C=O) groups excluding carboxylic acids is 1. The van der Waals surface area contributed by atoms with E-state index in [9.17, 15) is 4.79 Å². The number of aromatic nitrogens is 4. The second-order valence-electron chi connectivity index (χ2n) is 4.92. The minimum absolute atomic E-state index is 0.144. The van der Waals surface area contributed by atoms with Crippen molar-refractivity contribution in [2.75, 3.05) is 5.32 Å². The zero-order valence-electron chi connectivity index (χ0n) is 12.3. The number of nitrogens with zero attached hydrogens (tertiary/aromatic N) is 5. The fourth-order valence-corrected chi connectivity index (χ4v) is 2.12. The highest BCUT2D eigenvalue weighted by molar-refractivity contribution is 6.03. The topological polar surface area (TPSA) is 88.5 Å². The largest absolute Gasteiger partial charge is 0.305 e. The molecule has 114 valence electrons. The van der Waals surface area contributed by atoms with Gasteiger partial charge in [-0.05, 0) is 5.56 Å². The van der Waals surface area contributed by atoms with Gasteiger partial charge in [0, 0.05) is 18.5 Å². The summed E-state index contributed by atoms with van der Waals surface area (Å²) in [6.07, 6.45) is 4.84. The Morgan fingerprint density at radius 1 is 1.22 bits per heavy atom. The van der Waals surface area contributed by atoms with Gasteiger partial charge in [-0.3, -0.25) is 14.2 Å². The Balaban J connectivity index is 1.65. The molecule has 2 aromatic heterocycles. The molecule has 3 rings (SSSR count). The lowest BCUT2D eigenvalue weighted by Crippen LogP contribution is -2.12. The molecule has 3 aromatic rings. The van der Waals surface area contributed by atoms with Crippen molar-refractivity contribution in [2.45, 2.75) is 13.1 Å². The van der Waals surface area contributed by atoms with Gasteiger partial charge in [-0.1, -0.05) is 30.3 Å². The zero-order valence-corrected chi connectivity index (χ0v) is 12.3. The smallest absolute Gasteiger partial charge is 0.260 e. The van der Waals surface area contributed by atoms with Crippen molar-refractivity contribution in [1.29, 1.82) is 5.26 Å². The molecule has 23 heavy (non-hydrogen) atoms. The lowest BCUT2D eigenvalue weighted by molar-refractivity contribution is 0.102. The van der Waals surface area contributed by atoms with E-state index in [4.69, 9.17) is 5.26 Å². The highest BCUT2D eigenvalue weighted by atomic mass is 16.1. The molecule has 0 fully saturated rings. The third-order valence-electron chi connectivity index (χ3n) is 3.20. The summed E-state index contributed by atoms with van der Waals surface area (Å²) in [6, 6.07) is 13.5. The monoisotopic (exact) mass is 306 g/mol. The van der Waals surface area contributed by atoms with E-state index < -0.39 is 0 Å². The molecule has 0 aliphatic carbocycles. The Labute approximate surface area is 132 Å². The Kier molecular flexibility index (Phi) is 4.16. The lowest BCUT2D eigenvalue weighted by Gasteiger charge is -2.01. The highest BCUT2D eigenvalue weighted by Gasteiger charge is 2.10. The van der Waals surface area contributed by atoms with E-state index in [2.05, 4.69) is 15.5 Å². The van der Waals surface area contributed by atoms with Gasteiger partial charge in [-0.25, -0.2) is 0 Å². The van der Waals surface area contributed by atoms with Crippen molar-refractivity contribution in [2.24, 2.45) is 0 Å². The summed E-state index contributed by atoms with van der Waals surface area (Å²) in [5, 5.41) is 19.6. The summed E-state index contributed by atoms with van der Waals surface area (Å²) < 4.78 is 3.16. The third-order valence-corrected chi connectivity index (χ3v) is 3.20. The quantitative estimate of drug-likeness (QED) is 0.779. The molecule has 0 saturated heterocycles. The third kappa shape index (κ3) is 3.63. The summed E-state index contributed by atoms with van der Waals surface area (Å²) >= 11 is 0. The number of hydrogen-bond acceptors (Lipinski definition) is 4. The first kappa shape index (κ1) is 14.5. The Morgan fingerprint density at radius 3 is 2.83 bits per heavy atom. The van der Waals surface area contributed by atoms with Crippen LogP contribution in [-0.4, -0.2) is 25.5 Å². The van der Waals surface area contributed by atoms with E-state index in [-0.39, 0.29) is 12.5 Å². The van der Waals surface area contributed by atoms with E-state index in [1.807, 2.05) is 36.4 Å². The van der Waals surface area contributed by atoms with Gasteiger partial charge in [0.05, 0.1) is 24.4 Å². The number of amides is 1. The maximum atomic E-state index is 12.2. The molecule has 0 bridgehead atoms. The fourth-order valence-electron chi connectivity index (χ4n) is 2.12. The van der Waals surface area contributed by atoms with Gasteiger partial charge in [-0.2, -0.15) is 15.5 Å². The molecule has 0 unspecified atom stereocenters. The van der Waals surface area contributed by atoms with Crippen molar-refractivity contribution in [3.63, 3.8) is 0 Å². The summed E-state index contributed by atoms with van der Waals surface area (Å²) in [4.78, 5) is 12.2. The van der Waals surface area contributed by atoms with Gasteiger partial charge < -0.3 is 5.32 Å². The van der Waals surface area contributed by atoms with Crippen LogP contribution in [0.5, 0.6) is 0 Å². The molecule has 7 nitrogen and oxygen atoms in total. The van der Waals surface area contributed by atoms with Crippen LogP contribution < -0.4 is 5.32 Å². The van der Waals surface area contributed by atoms with Crippen molar-refractivity contribution in [3.05, 3.63) is 66.1 Å². The Morgan fingerprint density at radius 2 is 2.04 bits per heavy atom. The lowest BCUT2D eigenvalue weighted by atomic mass is 10.2. The minimum atomic E-state index is -0.286. The molecular weight excluding hydrogens is 292 g/mol. The summed E-state index contributed by atoms with van der Waals surface area (Å²) in [7, 11) is 0. The van der Waals surface area contributed by atoms with Crippen LogP contribution in [0.25, 0.3) is 0 Å². The van der Waals surface area contributed by atoms with Gasteiger partial charge in [-0.15, -0.1) is 0 Å². The maximum absolute atomic E-state index is 12.2. The molecule has 1 aromatic carbocycles. The molecule has 0 spiro atoms. The minimum Gasteiger partial charge on any atom is -0.305 e. The second-order valence-corrected chi connectivity index (χ2v) is 4.92. The summed E-state index contributed by atoms with van der Waals surface area (Å²) in [5.41, 5.74) is 1.56. The average molecular weight is 306 g/mol. The molecule has 1 N–H and O–H groups in total. The van der Waals surface area contributed by atoms with E-state index >= 15 is 0 Å². The standard InChI is InChI=1S/C16H14N6O/c17-7-9-21-8-6-15(20-21)19-16(23)14-10-18-22(12-14)11-13-4-2-1-3-5-13/h1-6,8,10,12H,9,11H2,(H,19,20,23). The summed E-state index contributed by atoms with van der Waals surface area (Å²) in [6.45, 7) is 0.746. The van der Waals surface area contributed by atoms with Gasteiger partial charge in [0.1, 0.15) is 6.54 Å². The number of benzene rings is 1. The van der Waals surface area contributed by atoms with Crippen LogP contribution in [0.1, 0.15) is 15.9 Å². The number of anilines is 1. The zero-order chi connectivity index (χ0) is 16.1. The first-order valence-electron chi connectivity index (χ1n) is 7.03. The number of nitriles is 1. The van der Waals surface area contributed by atoms with Gasteiger partial charge in [0.25, 0.3) is 5.91 Å². The van der Waals surface area contributed by atoms with Crippen LogP contribution in [-0.2, 0) is 13.1 Å². The van der Waals surface area contributed by atoms with Crippen molar-refractivity contribution in [1.82, 2.24) is 19.6 Å². The van der Waals surface area contributed by atoms with Crippen molar-refractivity contribution < 1.29 is 4.79 Å². The molecule has 1 amide bonds. The van der Waals surface area contributed by atoms with Crippen LogP contribution in [0.15, 0.2) is 55.0 Å². The predicted octanol–water partition coefficient (Wildman–Crippen LogP) is 1.90. The van der Waals surface area contributed by atoms with Gasteiger partial charge in [0.2, 0.25) is 0 Å². The maximum Gasteiger partial charge on any atom is 0.260 e. The van der Waals surface area contributed by atoms with Crippen LogP contribution >= 0.6 is 0 Å². The molecule has 0 aliphatic heterocycles. The Hall–Kier alpha value is -3.40. The molecule has 7 heteroatoms. The highest BCUT2D eigenvalue weighted by Crippen LogP contribution is 2.08. The van der Waals surface area contributed by atoms with Crippen molar-refractivity contribution in [3.8, 4) is 6.07 Å². The van der Waals surface area contributed by atoms with Gasteiger partial charge >= 0.3 is 0 Å². The number of carbonyl (C=O) groups is 1. The molecular formula is C16H14N6O.